The lowest BCUT2D eigenvalue weighted by Crippen LogP contribution is -1.92. The smallest absolute Gasteiger partial charge is 0.115 e. The fourth-order valence-corrected chi connectivity index (χ4v) is 1.36. The molecule has 60 valence electrons. The molecule has 1 atom stereocenters. The third kappa shape index (κ3) is 1.94. The Bertz CT molecular complexity index is 339. The van der Waals surface area contributed by atoms with Gasteiger partial charge in [0.15, 0.2) is 0 Å². The Kier molecular flexibility index (Phi) is 1.87. The first-order valence-corrected chi connectivity index (χ1v) is 4.99. The van der Waals surface area contributed by atoms with Crippen molar-refractivity contribution in [3.63, 3.8) is 0 Å². The van der Waals surface area contributed by atoms with Crippen molar-refractivity contribution < 1.29 is 9.32 Å². The lowest BCUT2D eigenvalue weighted by molar-refractivity contribution is 0.475. The number of hydrogen-bond donors (Lipinski definition) is 2. The molecule has 0 radical (unpaired) electrons. The van der Waals surface area contributed by atoms with E-state index in [0.29, 0.717) is 4.90 Å². The van der Waals surface area contributed by atoms with Crippen molar-refractivity contribution in [1.29, 1.82) is 4.78 Å². The number of aromatic hydroxyl groups is 1. The summed E-state index contributed by atoms with van der Waals surface area (Å²) in [5.74, 6) is 0.123. The molecule has 0 heterocycles. The van der Waals surface area contributed by atoms with E-state index in [1.165, 1.54) is 30.5 Å². The largest absolute Gasteiger partial charge is 0.508 e. The fourth-order valence-electron chi connectivity index (χ4n) is 0.706. The summed E-state index contributed by atoms with van der Waals surface area (Å²) in [6.07, 6.45) is 1.35. The summed E-state index contributed by atoms with van der Waals surface area (Å²) in [5, 5.41) is 8.87. The Morgan fingerprint density at radius 3 is 2.18 bits per heavy atom. The molecule has 1 aromatic rings. The second-order valence-corrected chi connectivity index (χ2v) is 4.50. The van der Waals surface area contributed by atoms with Gasteiger partial charge in [-0.05, 0) is 24.3 Å². The van der Waals surface area contributed by atoms with E-state index < -0.39 is 9.73 Å². The van der Waals surface area contributed by atoms with Crippen molar-refractivity contribution in [2.24, 2.45) is 0 Å². The molecule has 0 bridgehead atoms. The van der Waals surface area contributed by atoms with Gasteiger partial charge in [-0.15, -0.1) is 0 Å². The summed E-state index contributed by atoms with van der Waals surface area (Å²) < 4.78 is 18.3. The zero-order chi connectivity index (χ0) is 8.48. The molecule has 1 rings (SSSR count). The molecule has 0 aromatic heterocycles. The van der Waals surface area contributed by atoms with Crippen molar-refractivity contribution in [3.05, 3.63) is 24.3 Å². The highest BCUT2D eigenvalue weighted by atomic mass is 32.2. The van der Waals surface area contributed by atoms with Crippen LogP contribution in [0.1, 0.15) is 0 Å². The average molecular weight is 171 g/mol. The maximum atomic E-state index is 11.1. The first-order chi connectivity index (χ1) is 5.00. The minimum Gasteiger partial charge on any atom is -0.508 e. The second-order valence-electron chi connectivity index (χ2n) is 2.34. The number of rotatable bonds is 1. The molecule has 0 amide bonds. The highest BCUT2D eigenvalue weighted by Gasteiger charge is 2.00. The number of benzene rings is 1. The van der Waals surface area contributed by atoms with Crippen LogP contribution in [0.4, 0.5) is 0 Å². The Balaban J connectivity index is 3.20. The average Bonchev–Trinajstić information content (AvgIpc) is 1.86. The topological polar surface area (TPSA) is 61.2 Å². The molecule has 11 heavy (non-hydrogen) atoms. The van der Waals surface area contributed by atoms with Crippen molar-refractivity contribution in [1.82, 2.24) is 0 Å². The third-order valence-corrected chi connectivity index (χ3v) is 2.46. The van der Waals surface area contributed by atoms with Crippen molar-refractivity contribution in [2.75, 3.05) is 6.26 Å². The number of phenols is 1. The van der Waals surface area contributed by atoms with E-state index in [1.807, 2.05) is 0 Å². The Morgan fingerprint density at radius 2 is 1.82 bits per heavy atom. The van der Waals surface area contributed by atoms with Crippen LogP contribution in [-0.2, 0) is 9.73 Å². The Morgan fingerprint density at radius 1 is 1.36 bits per heavy atom. The molecule has 1 aromatic carbocycles. The van der Waals surface area contributed by atoms with Crippen molar-refractivity contribution >= 4 is 9.73 Å². The van der Waals surface area contributed by atoms with Crippen molar-refractivity contribution in [2.45, 2.75) is 4.90 Å². The maximum Gasteiger partial charge on any atom is 0.115 e. The van der Waals surface area contributed by atoms with E-state index in [-0.39, 0.29) is 5.75 Å². The summed E-state index contributed by atoms with van der Waals surface area (Å²) in [7, 11) is -2.63. The summed E-state index contributed by atoms with van der Waals surface area (Å²) in [6.45, 7) is 0. The van der Waals surface area contributed by atoms with Crippen LogP contribution in [0.25, 0.3) is 0 Å². The molecule has 1 unspecified atom stereocenters. The van der Waals surface area contributed by atoms with E-state index in [0.717, 1.165) is 0 Å². The summed E-state index contributed by atoms with van der Waals surface area (Å²) in [5.41, 5.74) is 0. The first kappa shape index (κ1) is 8.07. The summed E-state index contributed by atoms with van der Waals surface area (Å²) >= 11 is 0. The zero-order valence-corrected chi connectivity index (χ0v) is 6.89. The van der Waals surface area contributed by atoms with Crippen LogP contribution in [0.3, 0.4) is 0 Å². The van der Waals surface area contributed by atoms with Gasteiger partial charge in [-0.3, -0.25) is 0 Å². The van der Waals surface area contributed by atoms with Gasteiger partial charge in [0.05, 0.1) is 9.73 Å². The van der Waals surface area contributed by atoms with Crippen LogP contribution < -0.4 is 0 Å². The monoisotopic (exact) mass is 171 g/mol. The minimum atomic E-state index is -2.63. The first-order valence-electron chi connectivity index (χ1n) is 3.03. The predicted octanol–water partition coefficient (Wildman–Crippen LogP) is 1.43. The molecule has 2 N–H and O–H groups in total. The van der Waals surface area contributed by atoms with Crippen LogP contribution >= 0.6 is 0 Å². The van der Waals surface area contributed by atoms with Gasteiger partial charge >= 0.3 is 0 Å². The van der Waals surface area contributed by atoms with Gasteiger partial charge in [0.25, 0.3) is 0 Å². The standard InChI is InChI=1S/C7H9NO2S/c1-11(8,10)7-4-2-6(9)3-5-7/h2-5,8-9H,1H3. The highest BCUT2D eigenvalue weighted by Crippen LogP contribution is 2.13. The molecule has 0 spiro atoms. The lowest BCUT2D eigenvalue weighted by Gasteiger charge is -1.99. The number of phenolic OH excluding ortho intramolecular Hbond substituents is 1. The molecule has 0 fully saturated rings. The lowest BCUT2D eigenvalue weighted by atomic mass is 10.3. The molecular formula is C7H9NO2S. The van der Waals surface area contributed by atoms with E-state index >= 15 is 0 Å². The molecule has 4 heteroatoms. The van der Waals surface area contributed by atoms with Crippen LogP contribution in [0.15, 0.2) is 29.2 Å². The number of hydrogen-bond acceptors (Lipinski definition) is 3. The van der Waals surface area contributed by atoms with Gasteiger partial charge in [-0.25, -0.2) is 8.99 Å². The maximum absolute atomic E-state index is 11.1. The zero-order valence-electron chi connectivity index (χ0n) is 6.07. The van der Waals surface area contributed by atoms with Gasteiger partial charge in [-0.1, -0.05) is 0 Å². The minimum absolute atomic E-state index is 0.123. The molecule has 0 aliphatic rings. The Labute approximate surface area is 65.7 Å². The van der Waals surface area contributed by atoms with Gasteiger partial charge in [0.2, 0.25) is 0 Å². The molecule has 0 aliphatic carbocycles. The quantitative estimate of drug-likeness (QED) is 0.671. The van der Waals surface area contributed by atoms with E-state index in [1.54, 1.807) is 0 Å². The van der Waals surface area contributed by atoms with Gasteiger partial charge < -0.3 is 5.11 Å². The van der Waals surface area contributed by atoms with Crippen LogP contribution in [0.5, 0.6) is 5.75 Å². The Hall–Kier alpha value is -1.03. The number of nitrogens with one attached hydrogen (secondary N) is 1. The SMILES string of the molecule is CS(=N)(=O)c1ccc(O)cc1. The molecule has 0 aliphatic heterocycles. The normalized spacial score (nSPS) is 15.7. The van der Waals surface area contributed by atoms with Crippen molar-refractivity contribution in [3.8, 4) is 5.75 Å². The van der Waals surface area contributed by atoms with E-state index in [9.17, 15) is 4.21 Å². The van der Waals surface area contributed by atoms with E-state index in [2.05, 4.69) is 0 Å². The van der Waals surface area contributed by atoms with Crippen LogP contribution in [0.2, 0.25) is 0 Å². The highest BCUT2D eigenvalue weighted by molar-refractivity contribution is 7.91. The second kappa shape index (κ2) is 2.54. The molecule has 0 saturated carbocycles. The van der Waals surface area contributed by atoms with Gasteiger partial charge in [-0.2, -0.15) is 0 Å². The molecular weight excluding hydrogens is 162 g/mol. The summed E-state index contributed by atoms with van der Waals surface area (Å²) in [4.78, 5) is 0.440. The van der Waals surface area contributed by atoms with Gasteiger partial charge in [0.1, 0.15) is 5.75 Å². The van der Waals surface area contributed by atoms with Crippen LogP contribution in [0, 0.1) is 4.78 Å². The molecule has 0 saturated heterocycles. The predicted molar refractivity (Wildman–Crippen MR) is 43.2 cm³/mol. The summed E-state index contributed by atoms with van der Waals surface area (Å²) in [6, 6.07) is 5.83. The van der Waals surface area contributed by atoms with E-state index in [4.69, 9.17) is 9.89 Å². The fraction of sp³-hybridized carbons (Fsp3) is 0.143. The third-order valence-electron chi connectivity index (χ3n) is 1.29. The van der Waals surface area contributed by atoms with Gasteiger partial charge in [0, 0.05) is 11.2 Å². The molecule has 3 nitrogen and oxygen atoms in total. The van der Waals surface area contributed by atoms with Crippen LogP contribution in [-0.4, -0.2) is 15.6 Å².